The third-order valence-electron chi connectivity index (χ3n) is 4.04. The van der Waals surface area contributed by atoms with Crippen LogP contribution < -0.4 is 5.73 Å². The Bertz CT molecular complexity index is 627. The lowest BCUT2D eigenvalue weighted by Gasteiger charge is -2.15. The van der Waals surface area contributed by atoms with Gasteiger partial charge in [-0.3, -0.25) is 0 Å². The van der Waals surface area contributed by atoms with Crippen LogP contribution in [0.2, 0.25) is 0 Å². The average molecular weight is 265 g/mol. The first-order chi connectivity index (χ1) is 8.96. The van der Waals surface area contributed by atoms with E-state index in [1.165, 1.54) is 6.07 Å². The van der Waals surface area contributed by atoms with Crippen molar-refractivity contribution in [3.05, 3.63) is 47.5 Å². The van der Waals surface area contributed by atoms with Crippen LogP contribution in [0, 0.1) is 0 Å². The largest absolute Gasteiger partial charge is 0.417 e. The molecule has 0 bridgehead atoms. The molecular weight excluding hydrogens is 251 g/mol. The maximum Gasteiger partial charge on any atom is 0.417 e. The van der Waals surface area contributed by atoms with Crippen LogP contribution in [0.25, 0.3) is 10.8 Å². The molecule has 0 saturated heterocycles. The zero-order chi connectivity index (χ0) is 13.7. The zero-order valence-corrected chi connectivity index (χ0v) is 10.3. The van der Waals surface area contributed by atoms with E-state index in [2.05, 4.69) is 0 Å². The van der Waals surface area contributed by atoms with Gasteiger partial charge >= 0.3 is 6.18 Å². The summed E-state index contributed by atoms with van der Waals surface area (Å²) in [6, 6.07) is 9.51. The Hall–Kier alpha value is -1.55. The molecule has 1 nitrogen and oxygen atoms in total. The van der Waals surface area contributed by atoms with Gasteiger partial charge in [0.05, 0.1) is 5.56 Å². The van der Waals surface area contributed by atoms with Crippen molar-refractivity contribution >= 4 is 10.8 Å². The summed E-state index contributed by atoms with van der Waals surface area (Å²) in [6.45, 7) is 0.553. The molecule has 1 fully saturated rings. The molecule has 1 aliphatic rings. The second-order valence-corrected chi connectivity index (χ2v) is 5.22. The minimum absolute atomic E-state index is 0.00241. The van der Waals surface area contributed by atoms with E-state index >= 15 is 0 Å². The van der Waals surface area contributed by atoms with Gasteiger partial charge in [0.1, 0.15) is 0 Å². The van der Waals surface area contributed by atoms with Crippen molar-refractivity contribution in [2.45, 2.75) is 24.4 Å². The van der Waals surface area contributed by atoms with Crippen LogP contribution in [0.1, 0.15) is 24.0 Å². The van der Waals surface area contributed by atoms with E-state index < -0.39 is 11.7 Å². The smallest absolute Gasteiger partial charge is 0.330 e. The molecule has 0 aliphatic heterocycles. The average Bonchev–Trinajstić information content (AvgIpc) is 3.17. The molecule has 0 aromatic heterocycles. The van der Waals surface area contributed by atoms with E-state index in [1.54, 1.807) is 18.2 Å². The van der Waals surface area contributed by atoms with Crippen molar-refractivity contribution < 1.29 is 13.2 Å². The number of benzene rings is 2. The monoisotopic (exact) mass is 265 g/mol. The fourth-order valence-electron chi connectivity index (χ4n) is 2.62. The molecule has 0 spiro atoms. The second kappa shape index (κ2) is 3.97. The maximum atomic E-state index is 12.9. The lowest BCUT2D eigenvalue weighted by Crippen LogP contribution is -2.19. The Labute approximate surface area is 109 Å². The van der Waals surface area contributed by atoms with E-state index in [4.69, 9.17) is 5.73 Å². The van der Waals surface area contributed by atoms with E-state index in [-0.39, 0.29) is 10.8 Å². The summed E-state index contributed by atoms with van der Waals surface area (Å²) in [5, 5.41) is 0.888. The third kappa shape index (κ3) is 2.00. The minimum Gasteiger partial charge on any atom is -0.330 e. The highest BCUT2D eigenvalue weighted by Crippen LogP contribution is 2.48. The molecule has 2 aromatic carbocycles. The fraction of sp³-hybridized carbons (Fsp3) is 0.333. The van der Waals surface area contributed by atoms with Crippen LogP contribution in [0.5, 0.6) is 0 Å². The molecule has 3 rings (SSSR count). The zero-order valence-electron chi connectivity index (χ0n) is 10.3. The summed E-state index contributed by atoms with van der Waals surface area (Å²) < 4.78 is 38.7. The van der Waals surface area contributed by atoms with Gasteiger partial charge in [0, 0.05) is 12.0 Å². The standard InChI is InChI=1S/C15H14F3N/c16-15(17,18)13-3-1-2-10-8-11(4-5-12(10)13)14(9-19)6-7-14/h1-5,8H,6-7,9,19H2. The molecule has 1 aliphatic carbocycles. The predicted octanol–water partition coefficient (Wildman–Crippen LogP) is 3.85. The molecule has 0 atom stereocenters. The number of hydrogen-bond acceptors (Lipinski definition) is 1. The van der Waals surface area contributed by atoms with E-state index in [1.807, 2.05) is 6.07 Å². The molecule has 19 heavy (non-hydrogen) atoms. The van der Waals surface area contributed by atoms with Crippen LogP contribution in [-0.4, -0.2) is 6.54 Å². The van der Waals surface area contributed by atoms with Crippen molar-refractivity contribution in [2.24, 2.45) is 5.73 Å². The maximum absolute atomic E-state index is 12.9. The van der Waals surface area contributed by atoms with E-state index in [0.29, 0.717) is 11.9 Å². The minimum atomic E-state index is -4.31. The number of nitrogens with two attached hydrogens (primary N) is 1. The molecule has 1 saturated carbocycles. The van der Waals surface area contributed by atoms with Gasteiger partial charge in [-0.2, -0.15) is 13.2 Å². The van der Waals surface area contributed by atoms with Crippen LogP contribution in [0.15, 0.2) is 36.4 Å². The Kier molecular flexibility index (Phi) is 2.61. The molecule has 4 heteroatoms. The molecule has 0 amide bonds. The summed E-state index contributed by atoms with van der Waals surface area (Å²) in [5.41, 5.74) is 6.25. The number of fused-ring (bicyclic) bond motifs is 1. The highest BCUT2D eigenvalue weighted by Gasteiger charge is 2.43. The van der Waals surface area contributed by atoms with Gasteiger partial charge in [0.25, 0.3) is 0 Å². The molecule has 0 unspecified atom stereocenters. The van der Waals surface area contributed by atoms with Crippen LogP contribution >= 0.6 is 0 Å². The topological polar surface area (TPSA) is 26.0 Å². The molecule has 2 aromatic rings. The van der Waals surface area contributed by atoms with E-state index in [0.717, 1.165) is 24.5 Å². The highest BCUT2D eigenvalue weighted by atomic mass is 19.4. The summed E-state index contributed by atoms with van der Waals surface area (Å²) >= 11 is 0. The summed E-state index contributed by atoms with van der Waals surface area (Å²) in [6.07, 6.45) is -2.27. The predicted molar refractivity (Wildman–Crippen MR) is 68.9 cm³/mol. The van der Waals surface area contributed by atoms with Crippen molar-refractivity contribution in [3.8, 4) is 0 Å². The van der Waals surface area contributed by atoms with Crippen molar-refractivity contribution in [1.29, 1.82) is 0 Å². The van der Waals surface area contributed by atoms with Crippen LogP contribution in [0.4, 0.5) is 13.2 Å². The normalized spacial score (nSPS) is 17.7. The van der Waals surface area contributed by atoms with Gasteiger partial charge in [-0.15, -0.1) is 0 Å². The Morgan fingerprint density at radius 3 is 2.42 bits per heavy atom. The van der Waals surface area contributed by atoms with E-state index in [9.17, 15) is 13.2 Å². The Morgan fingerprint density at radius 2 is 1.84 bits per heavy atom. The van der Waals surface area contributed by atoms with Gasteiger partial charge in [-0.05, 0) is 35.2 Å². The number of hydrogen-bond donors (Lipinski definition) is 1. The quantitative estimate of drug-likeness (QED) is 0.877. The summed E-state index contributed by atoms with van der Waals surface area (Å²) in [4.78, 5) is 0. The lowest BCUT2D eigenvalue weighted by atomic mass is 9.92. The molecule has 100 valence electrons. The molecular formula is C15H14F3N. The van der Waals surface area contributed by atoms with Gasteiger partial charge < -0.3 is 5.73 Å². The SMILES string of the molecule is NCC1(c2ccc3c(C(F)(F)F)cccc3c2)CC1. The molecule has 0 heterocycles. The molecule has 2 N–H and O–H groups in total. The Balaban J connectivity index is 2.16. The van der Waals surface area contributed by atoms with Crippen molar-refractivity contribution in [1.82, 2.24) is 0 Å². The van der Waals surface area contributed by atoms with Crippen LogP contribution in [0.3, 0.4) is 0 Å². The van der Waals surface area contributed by atoms with Gasteiger partial charge in [0.15, 0.2) is 0 Å². The van der Waals surface area contributed by atoms with Gasteiger partial charge in [0.2, 0.25) is 0 Å². The Morgan fingerprint density at radius 1 is 1.11 bits per heavy atom. The second-order valence-electron chi connectivity index (χ2n) is 5.22. The fourth-order valence-corrected chi connectivity index (χ4v) is 2.62. The number of alkyl halides is 3. The number of halogens is 3. The summed E-state index contributed by atoms with van der Waals surface area (Å²) in [5.74, 6) is 0. The highest BCUT2D eigenvalue weighted by molar-refractivity contribution is 5.87. The lowest BCUT2D eigenvalue weighted by molar-refractivity contribution is -0.136. The van der Waals surface area contributed by atoms with Crippen LogP contribution in [-0.2, 0) is 11.6 Å². The van der Waals surface area contributed by atoms with Crippen molar-refractivity contribution in [3.63, 3.8) is 0 Å². The van der Waals surface area contributed by atoms with Gasteiger partial charge in [-0.1, -0.05) is 30.3 Å². The first-order valence-corrected chi connectivity index (χ1v) is 6.27. The number of rotatable bonds is 2. The third-order valence-corrected chi connectivity index (χ3v) is 4.04. The van der Waals surface area contributed by atoms with Crippen molar-refractivity contribution in [2.75, 3.05) is 6.54 Å². The summed E-state index contributed by atoms with van der Waals surface area (Å²) in [7, 11) is 0. The molecule has 0 radical (unpaired) electrons. The van der Waals surface area contributed by atoms with Gasteiger partial charge in [-0.25, -0.2) is 0 Å². The first kappa shape index (κ1) is 12.5. The first-order valence-electron chi connectivity index (χ1n) is 6.27.